The summed E-state index contributed by atoms with van der Waals surface area (Å²) in [5.41, 5.74) is -0.739. The van der Waals surface area contributed by atoms with Gasteiger partial charge in [0.1, 0.15) is 0 Å². The fraction of sp³-hybridized carbons (Fsp3) is 0.583. The smallest absolute Gasteiger partial charge is 0.260 e. The lowest BCUT2D eigenvalue weighted by Gasteiger charge is -2.31. The van der Waals surface area contributed by atoms with E-state index in [1.54, 1.807) is 29.2 Å². The number of aliphatic hydroxyl groups excluding tert-OH is 1. The Morgan fingerprint density at radius 1 is 1.41 bits per heavy atom. The third-order valence-electron chi connectivity index (χ3n) is 3.35. The van der Waals surface area contributed by atoms with Gasteiger partial charge in [0.15, 0.2) is 0 Å². The number of aliphatic hydroxyl groups is 1. The average molecular weight is 276 g/mol. The maximum absolute atomic E-state index is 12.2. The number of hydrogen-bond acceptors (Lipinski definition) is 2. The maximum atomic E-state index is 12.2. The van der Waals surface area contributed by atoms with Crippen molar-refractivity contribution in [3.05, 3.63) is 24.3 Å². The standard InChI is InChI=1S/C12H15Cl2NO2/c1-8(2)15-7-11(12(13,14)10(15)17)5-3-9(16)4-6-11/h3-6,8-9,16H,7H2,1-2H3. The SMILES string of the molecule is CC(C)N1CC2(C=CC(O)C=C2)C(Cl)(Cl)C1=O. The van der Waals surface area contributed by atoms with Gasteiger partial charge in [-0.1, -0.05) is 47.5 Å². The third kappa shape index (κ3) is 1.81. The summed E-state index contributed by atoms with van der Waals surface area (Å²) < 4.78 is -1.50. The van der Waals surface area contributed by atoms with Crippen LogP contribution < -0.4 is 0 Å². The second-order valence-corrected chi connectivity index (χ2v) is 6.18. The molecule has 5 heteroatoms. The molecule has 1 aliphatic carbocycles. The highest BCUT2D eigenvalue weighted by Crippen LogP contribution is 2.51. The summed E-state index contributed by atoms with van der Waals surface area (Å²) in [4.78, 5) is 13.8. The largest absolute Gasteiger partial charge is 0.385 e. The van der Waals surface area contributed by atoms with Crippen molar-refractivity contribution in [3.63, 3.8) is 0 Å². The number of nitrogens with zero attached hydrogens (tertiary/aromatic N) is 1. The summed E-state index contributed by atoms with van der Waals surface area (Å²) in [7, 11) is 0. The van der Waals surface area contributed by atoms with Crippen LogP contribution in [0.1, 0.15) is 13.8 Å². The predicted molar refractivity (Wildman–Crippen MR) is 68.0 cm³/mol. The van der Waals surface area contributed by atoms with Gasteiger partial charge in [-0.15, -0.1) is 0 Å². The summed E-state index contributed by atoms with van der Waals surface area (Å²) in [6.45, 7) is 4.29. The highest BCUT2D eigenvalue weighted by atomic mass is 35.5. The molecule has 3 nitrogen and oxygen atoms in total. The van der Waals surface area contributed by atoms with E-state index >= 15 is 0 Å². The maximum Gasteiger partial charge on any atom is 0.260 e. The van der Waals surface area contributed by atoms with E-state index in [0.29, 0.717) is 6.54 Å². The van der Waals surface area contributed by atoms with Crippen LogP contribution in [0.4, 0.5) is 0 Å². The number of halogens is 2. The number of likely N-dealkylation sites (tertiary alicyclic amines) is 1. The number of carbonyl (C=O) groups is 1. The Labute approximate surface area is 111 Å². The Kier molecular flexibility index (Phi) is 3.05. The van der Waals surface area contributed by atoms with Crippen LogP contribution in [0.5, 0.6) is 0 Å². The molecule has 1 fully saturated rings. The first-order chi connectivity index (χ1) is 7.80. The number of amides is 1. The molecule has 0 radical (unpaired) electrons. The normalized spacial score (nSPS) is 35.3. The van der Waals surface area contributed by atoms with Gasteiger partial charge in [0.05, 0.1) is 11.5 Å². The minimum absolute atomic E-state index is 0.0485. The van der Waals surface area contributed by atoms with Crippen molar-refractivity contribution in [2.75, 3.05) is 6.54 Å². The van der Waals surface area contributed by atoms with Crippen molar-refractivity contribution in [2.24, 2.45) is 5.41 Å². The van der Waals surface area contributed by atoms with Crippen molar-refractivity contribution < 1.29 is 9.90 Å². The van der Waals surface area contributed by atoms with Crippen LogP contribution >= 0.6 is 23.2 Å². The van der Waals surface area contributed by atoms with Gasteiger partial charge in [-0.3, -0.25) is 4.79 Å². The van der Waals surface area contributed by atoms with Crippen LogP contribution in [0.25, 0.3) is 0 Å². The fourth-order valence-electron chi connectivity index (χ4n) is 2.22. The molecule has 1 spiro atoms. The lowest BCUT2D eigenvalue weighted by molar-refractivity contribution is -0.129. The van der Waals surface area contributed by atoms with Crippen LogP contribution in [0.15, 0.2) is 24.3 Å². The minimum atomic E-state index is -1.50. The molecule has 1 N–H and O–H groups in total. The van der Waals surface area contributed by atoms with Gasteiger partial charge in [-0.2, -0.15) is 0 Å². The van der Waals surface area contributed by atoms with E-state index in [-0.39, 0.29) is 11.9 Å². The average Bonchev–Trinajstić information content (AvgIpc) is 2.44. The third-order valence-corrected chi connectivity index (χ3v) is 4.38. The van der Waals surface area contributed by atoms with Crippen LogP contribution in [0, 0.1) is 5.41 Å². The Morgan fingerprint density at radius 2 is 1.94 bits per heavy atom. The summed E-state index contributed by atoms with van der Waals surface area (Å²) in [5.74, 6) is -0.276. The number of hydrogen-bond donors (Lipinski definition) is 1. The second kappa shape index (κ2) is 4.01. The molecule has 1 saturated heterocycles. The van der Waals surface area contributed by atoms with Crippen molar-refractivity contribution in [1.82, 2.24) is 4.90 Å². The molecule has 0 aromatic heterocycles. The fourth-order valence-corrected chi connectivity index (χ4v) is 2.81. The molecule has 0 atom stereocenters. The highest BCUT2D eigenvalue weighted by molar-refractivity contribution is 6.59. The Hall–Kier alpha value is -0.510. The van der Waals surface area contributed by atoms with Crippen molar-refractivity contribution in [1.29, 1.82) is 0 Å². The Morgan fingerprint density at radius 3 is 2.35 bits per heavy atom. The number of rotatable bonds is 1. The van der Waals surface area contributed by atoms with Crippen LogP contribution in [0.3, 0.4) is 0 Å². The van der Waals surface area contributed by atoms with Gasteiger partial charge in [-0.25, -0.2) is 0 Å². The topological polar surface area (TPSA) is 40.5 Å². The molecule has 1 heterocycles. The van der Waals surface area contributed by atoms with Gasteiger partial charge >= 0.3 is 0 Å². The zero-order valence-corrected chi connectivity index (χ0v) is 11.2. The molecule has 94 valence electrons. The molecule has 0 bridgehead atoms. The van der Waals surface area contributed by atoms with E-state index in [4.69, 9.17) is 23.2 Å². The summed E-state index contributed by atoms with van der Waals surface area (Å²) in [6, 6.07) is 0.0485. The van der Waals surface area contributed by atoms with E-state index in [9.17, 15) is 9.90 Å². The minimum Gasteiger partial charge on any atom is -0.385 e. The second-order valence-electron chi connectivity index (χ2n) is 4.85. The lowest BCUT2D eigenvalue weighted by atomic mass is 9.82. The van der Waals surface area contributed by atoms with Crippen molar-refractivity contribution in [2.45, 2.75) is 30.3 Å². The summed E-state index contributed by atoms with van der Waals surface area (Å²) in [6.07, 6.45) is 6.05. The van der Waals surface area contributed by atoms with Crippen LogP contribution in [-0.2, 0) is 4.79 Å². The van der Waals surface area contributed by atoms with Crippen molar-refractivity contribution in [3.8, 4) is 0 Å². The van der Waals surface area contributed by atoms with E-state index in [0.717, 1.165) is 0 Å². The Bertz CT molecular complexity index is 387. The molecule has 0 saturated carbocycles. The first kappa shape index (κ1) is 12.9. The molecule has 2 rings (SSSR count). The lowest BCUT2D eigenvalue weighted by Crippen LogP contribution is -2.39. The molecular weight excluding hydrogens is 261 g/mol. The van der Waals surface area contributed by atoms with E-state index in [1.165, 1.54) is 0 Å². The van der Waals surface area contributed by atoms with E-state index in [2.05, 4.69) is 0 Å². The molecule has 2 aliphatic rings. The molecule has 1 aliphatic heterocycles. The first-order valence-electron chi connectivity index (χ1n) is 5.56. The number of carbonyl (C=O) groups excluding carboxylic acids is 1. The first-order valence-corrected chi connectivity index (χ1v) is 6.31. The summed E-state index contributed by atoms with van der Waals surface area (Å²) >= 11 is 12.5. The van der Waals surface area contributed by atoms with Gasteiger partial charge < -0.3 is 10.0 Å². The van der Waals surface area contributed by atoms with Gasteiger partial charge in [0.2, 0.25) is 4.33 Å². The van der Waals surface area contributed by atoms with E-state index in [1.807, 2.05) is 13.8 Å². The van der Waals surface area contributed by atoms with Crippen LogP contribution in [-0.4, -0.2) is 38.9 Å². The zero-order valence-electron chi connectivity index (χ0n) is 9.73. The molecule has 0 aromatic carbocycles. The zero-order chi connectivity index (χ0) is 12.8. The molecular formula is C12H15Cl2NO2. The van der Waals surface area contributed by atoms with Crippen LogP contribution in [0.2, 0.25) is 0 Å². The molecule has 0 unspecified atom stereocenters. The molecule has 1 amide bonds. The van der Waals surface area contributed by atoms with Gasteiger partial charge in [0.25, 0.3) is 5.91 Å². The quantitative estimate of drug-likeness (QED) is 0.587. The van der Waals surface area contributed by atoms with Gasteiger partial charge in [0, 0.05) is 12.6 Å². The predicted octanol–water partition coefficient (Wildman–Crippen LogP) is 1.88. The molecule has 17 heavy (non-hydrogen) atoms. The number of alkyl halides is 2. The highest BCUT2D eigenvalue weighted by Gasteiger charge is 2.61. The summed E-state index contributed by atoms with van der Waals surface area (Å²) in [5, 5.41) is 9.41. The van der Waals surface area contributed by atoms with Gasteiger partial charge in [-0.05, 0) is 13.8 Å². The van der Waals surface area contributed by atoms with E-state index < -0.39 is 15.9 Å². The molecule has 0 aromatic rings. The van der Waals surface area contributed by atoms with Crippen molar-refractivity contribution >= 4 is 29.1 Å². The Balaban J connectivity index is 2.40. The monoisotopic (exact) mass is 275 g/mol.